The summed E-state index contributed by atoms with van der Waals surface area (Å²) >= 11 is 0. The van der Waals surface area contributed by atoms with Crippen molar-refractivity contribution >= 4 is 16.4 Å². The van der Waals surface area contributed by atoms with Crippen LogP contribution in [-0.2, 0) is 18.6 Å². The van der Waals surface area contributed by atoms with E-state index in [1.54, 1.807) is 0 Å². The van der Waals surface area contributed by atoms with E-state index in [-0.39, 0.29) is 30.0 Å². The predicted octanol–water partition coefficient (Wildman–Crippen LogP) is 6.14. The van der Waals surface area contributed by atoms with Gasteiger partial charge in [-0.25, -0.2) is 0 Å². The van der Waals surface area contributed by atoms with E-state index >= 15 is 0 Å². The second-order valence-corrected chi connectivity index (χ2v) is 22.8. The topological polar surface area (TPSA) is 57.2 Å². The number of ether oxygens (including phenoxy) is 3. The molecule has 3 aliphatic rings. The van der Waals surface area contributed by atoms with Crippen molar-refractivity contribution in [1.29, 1.82) is 0 Å². The van der Waals surface area contributed by atoms with Crippen molar-refractivity contribution in [3.63, 3.8) is 0 Å². The molecule has 3 fully saturated rings. The van der Waals surface area contributed by atoms with Crippen molar-refractivity contribution in [1.82, 2.24) is 0 Å². The van der Waals surface area contributed by atoms with Crippen molar-refractivity contribution in [3.8, 4) is 0 Å². The zero-order valence-electron chi connectivity index (χ0n) is 21.9. The van der Waals surface area contributed by atoms with Crippen molar-refractivity contribution in [2.24, 2.45) is 0 Å². The van der Waals surface area contributed by atoms with Gasteiger partial charge in [0.05, 0.1) is 26.4 Å². The molecule has 5 atom stereocenters. The molecule has 0 aromatic carbocycles. The Morgan fingerprint density at radius 1 is 1.00 bits per heavy atom. The van der Waals surface area contributed by atoms with E-state index in [9.17, 15) is 5.11 Å². The van der Waals surface area contributed by atoms with Gasteiger partial charge < -0.3 is 23.7 Å². The highest BCUT2D eigenvalue weighted by Gasteiger charge is 2.61. The summed E-state index contributed by atoms with van der Waals surface area (Å²) in [5, 5.41) is 10.8. The highest BCUT2D eigenvalue weighted by atomic mass is 28.4. The average molecular weight is 485 g/mol. The van der Waals surface area contributed by atoms with Crippen LogP contribution in [0.3, 0.4) is 0 Å². The van der Waals surface area contributed by atoms with Crippen LogP contribution in [-0.4, -0.2) is 58.0 Å². The van der Waals surface area contributed by atoms with Gasteiger partial charge in [0.15, 0.2) is 19.9 Å². The molecule has 0 bridgehead atoms. The fourth-order valence-electron chi connectivity index (χ4n) is 4.88. The molecule has 5 nitrogen and oxygen atoms in total. The Morgan fingerprint density at radius 3 is 2.28 bits per heavy atom. The maximum atomic E-state index is 9.36. The second kappa shape index (κ2) is 9.21. The molecule has 0 amide bonds. The van der Waals surface area contributed by atoms with E-state index in [1.165, 1.54) is 5.20 Å². The molecule has 0 aromatic heterocycles. The number of hydrogen-bond donors (Lipinski definition) is 1. The third kappa shape index (κ3) is 5.61. The van der Waals surface area contributed by atoms with Crippen LogP contribution in [0.1, 0.15) is 72.1 Å². The van der Waals surface area contributed by atoms with Gasteiger partial charge in [0.1, 0.15) is 0 Å². The van der Waals surface area contributed by atoms with Gasteiger partial charge in [0.25, 0.3) is 0 Å². The Balaban J connectivity index is 1.81. The van der Waals surface area contributed by atoms with Crippen molar-refractivity contribution < 1.29 is 23.7 Å². The van der Waals surface area contributed by atoms with Crippen LogP contribution in [0.15, 0.2) is 11.8 Å². The average Bonchev–Trinajstić information content (AvgIpc) is 3.20. The summed E-state index contributed by atoms with van der Waals surface area (Å²) in [5.74, 6) is -1.33. The highest BCUT2D eigenvalue weighted by Crippen LogP contribution is 2.53. The first-order valence-electron chi connectivity index (χ1n) is 12.6. The van der Waals surface area contributed by atoms with Gasteiger partial charge in [-0.15, -0.1) is 6.58 Å². The molecular weight excluding hydrogens is 436 g/mol. The Kier molecular flexibility index (Phi) is 7.65. The molecule has 32 heavy (non-hydrogen) atoms. The van der Waals surface area contributed by atoms with E-state index in [1.807, 2.05) is 0 Å². The van der Waals surface area contributed by atoms with Crippen molar-refractivity contribution in [3.05, 3.63) is 11.8 Å². The first-order valence-corrected chi connectivity index (χ1v) is 19.0. The van der Waals surface area contributed by atoms with Gasteiger partial charge in [0, 0.05) is 25.9 Å². The van der Waals surface area contributed by atoms with Gasteiger partial charge >= 0.3 is 0 Å². The smallest absolute Gasteiger partial charge is 0.197 e. The first kappa shape index (κ1) is 26.6. The zero-order chi connectivity index (χ0) is 24.0. The summed E-state index contributed by atoms with van der Waals surface area (Å²) < 4.78 is 27.0. The van der Waals surface area contributed by atoms with E-state index in [4.69, 9.17) is 18.6 Å². The van der Waals surface area contributed by atoms with Gasteiger partial charge in [-0.05, 0) is 50.2 Å². The van der Waals surface area contributed by atoms with Crippen LogP contribution < -0.4 is 0 Å². The van der Waals surface area contributed by atoms with Crippen LogP contribution >= 0.6 is 0 Å². The molecule has 3 heterocycles. The zero-order valence-corrected chi connectivity index (χ0v) is 23.9. The minimum atomic E-state index is -1.99. The minimum absolute atomic E-state index is 0.0698. The highest BCUT2D eigenvalue weighted by molar-refractivity contribution is 6.83. The van der Waals surface area contributed by atoms with Crippen LogP contribution in [0.2, 0.25) is 37.8 Å². The van der Waals surface area contributed by atoms with Gasteiger partial charge in [-0.1, -0.05) is 45.6 Å². The Hall–Kier alpha value is -0.0262. The van der Waals surface area contributed by atoms with Crippen LogP contribution in [0.5, 0.6) is 0 Å². The fraction of sp³-hybridized carbons (Fsp3) is 0.920. The number of hydrogen-bond acceptors (Lipinski definition) is 5. The van der Waals surface area contributed by atoms with Crippen molar-refractivity contribution in [2.75, 3.05) is 6.61 Å². The van der Waals surface area contributed by atoms with E-state index in [0.717, 1.165) is 44.9 Å². The summed E-state index contributed by atoms with van der Waals surface area (Å²) in [6.07, 6.45) is 7.06. The third-order valence-corrected chi connectivity index (χ3v) is 15.1. The Labute approximate surface area is 198 Å². The molecule has 3 rings (SSSR count). The number of aliphatic hydroxyl groups is 1. The second-order valence-electron chi connectivity index (χ2n) is 12.9. The lowest BCUT2D eigenvalue weighted by atomic mass is 9.94. The molecular formula is C25H48O5Si2. The van der Waals surface area contributed by atoms with Crippen molar-refractivity contribution in [2.45, 2.75) is 140 Å². The van der Waals surface area contributed by atoms with E-state index < -0.39 is 28.0 Å². The summed E-state index contributed by atoms with van der Waals surface area (Å²) in [6.45, 7) is 23.1. The summed E-state index contributed by atoms with van der Waals surface area (Å²) in [4.78, 5) is 0. The maximum Gasteiger partial charge on any atom is 0.197 e. The standard InChI is InChI=1S/C25H48O5Si2/c1-19(31(5,6)7)18-21-10-11-22(29-32(8,9)23(2,3)4)25(28-21)16-15-24(30-25)14-12-20(27-24)13-17-26/h20-22,26H,1,10-18H2,2-9H3. The van der Waals surface area contributed by atoms with Gasteiger partial charge in [-0.2, -0.15) is 0 Å². The quantitative estimate of drug-likeness (QED) is 0.440. The molecule has 3 aliphatic heterocycles. The lowest BCUT2D eigenvalue weighted by molar-refractivity contribution is -0.360. The number of rotatable bonds is 7. The molecule has 3 saturated heterocycles. The summed E-state index contributed by atoms with van der Waals surface area (Å²) in [7, 11) is -3.41. The monoisotopic (exact) mass is 484 g/mol. The predicted molar refractivity (Wildman–Crippen MR) is 135 cm³/mol. The van der Waals surface area contributed by atoms with Gasteiger partial charge in [0.2, 0.25) is 0 Å². The van der Waals surface area contributed by atoms with Crippen LogP contribution in [0.25, 0.3) is 0 Å². The molecule has 7 heteroatoms. The van der Waals surface area contributed by atoms with E-state index in [2.05, 4.69) is 60.1 Å². The SMILES string of the molecule is C=C(CC1CCC(O[Si](C)(C)C(C)(C)C)C2(CCC3(CCC(CCO)O3)O2)O1)[Si](C)(C)C. The van der Waals surface area contributed by atoms with E-state index in [0.29, 0.717) is 6.42 Å². The largest absolute Gasteiger partial charge is 0.408 e. The molecule has 5 unspecified atom stereocenters. The molecule has 0 aromatic rings. The Morgan fingerprint density at radius 2 is 1.69 bits per heavy atom. The lowest BCUT2D eigenvalue weighted by Gasteiger charge is -2.49. The fourth-order valence-corrected chi connectivity index (χ4v) is 7.08. The summed E-state index contributed by atoms with van der Waals surface area (Å²) in [5.41, 5.74) is 0. The summed E-state index contributed by atoms with van der Waals surface area (Å²) in [6, 6.07) is 0. The molecule has 0 saturated carbocycles. The molecule has 0 aliphatic carbocycles. The maximum absolute atomic E-state index is 9.36. The van der Waals surface area contributed by atoms with Crippen LogP contribution in [0.4, 0.5) is 0 Å². The molecule has 1 N–H and O–H groups in total. The lowest BCUT2D eigenvalue weighted by Crippen LogP contribution is -2.58. The van der Waals surface area contributed by atoms with Gasteiger partial charge in [-0.3, -0.25) is 0 Å². The molecule has 2 spiro atoms. The van der Waals surface area contributed by atoms with Crippen LogP contribution in [0, 0.1) is 0 Å². The minimum Gasteiger partial charge on any atom is -0.408 e. The third-order valence-electron chi connectivity index (χ3n) is 8.28. The number of aliphatic hydroxyl groups excluding tert-OH is 1. The Bertz CT molecular complexity index is 683. The molecule has 0 radical (unpaired) electrons. The molecule has 186 valence electrons. The first-order chi connectivity index (χ1) is 14.6. The normalized spacial score (nSPS) is 36.3.